The number of β-amino-alcohol motifs (C(OH)–C–C–N with tert-alkyl or cyclic N) is 1. The molecule has 0 aromatic rings. The molecule has 2 rings (SSSR count). The number of aliphatic hydroxyl groups excluding tert-OH is 1. The predicted octanol–water partition coefficient (Wildman–Crippen LogP) is -0.351. The monoisotopic (exact) mass is 175 g/mol. The van der Waals surface area contributed by atoms with E-state index in [9.17, 15) is 4.39 Å². The number of hydrogen-bond donors (Lipinski definition) is 1. The second-order valence-electron chi connectivity index (χ2n) is 3.97. The van der Waals surface area contributed by atoms with Gasteiger partial charge in [0.25, 0.3) is 0 Å². The molecule has 2 fully saturated rings. The molecule has 1 N–H and O–H groups in total. The zero-order chi connectivity index (χ0) is 8.60. The molecule has 2 heterocycles. The van der Waals surface area contributed by atoms with Gasteiger partial charge in [0.1, 0.15) is 6.67 Å². The fourth-order valence-corrected chi connectivity index (χ4v) is 1.95. The van der Waals surface area contributed by atoms with Gasteiger partial charge in [-0.15, -0.1) is 0 Å². The van der Waals surface area contributed by atoms with Crippen molar-refractivity contribution in [3.8, 4) is 0 Å². The summed E-state index contributed by atoms with van der Waals surface area (Å²) in [5.74, 6) is 0. The molecule has 0 bridgehead atoms. The number of nitrogens with zero attached hydrogens (tertiary/aromatic N) is 1. The minimum absolute atomic E-state index is 0.371. The average molecular weight is 175 g/mol. The van der Waals surface area contributed by atoms with E-state index in [0.29, 0.717) is 12.0 Å². The van der Waals surface area contributed by atoms with Gasteiger partial charge in [-0.3, -0.25) is 4.90 Å². The molecule has 1 spiro atoms. The maximum absolute atomic E-state index is 11.9. The van der Waals surface area contributed by atoms with Crippen LogP contribution in [0.15, 0.2) is 0 Å². The van der Waals surface area contributed by atoms with Gasteiger partial charge >= 0.3 is 0 Å². The van der Waals surface area contributed by atoms with Crippen LogP contribution in [0.5, 0.6) is 0 Å². The molecular weight excluding hydrogens is 161 g/mol. The van der Waals surface area contributed by atoms with Crippen LogP contribution in [0, 0.1) is 5.41 Å². The lowest BCUT2D eigenvalue weighted by molar-refractivity contribution is -0.193. The summed E-state index contributed by atoms with van der Waals surface area (Å²) >= 11 is 0. The van der Waals surface area contributed by atoms with Gasteiger partial charge in [-0.1, -0.05) is 0 Å². The van der Waals surface area contributed by atoms with Crippen LogP contribution in [0.3, 0.4) is 0 Å². The molecule has 12 heavy (non-hydrogen) atoms. The summed E-state index contributed by atoms with van der Waals surface area (Å²) in [7, 11) is 0. The maximum Gasteiger partial charge on any atom is 0.117 e. The Morgan fingerprint density at radius 3 is 2.58 bits per heavy atom. The van der Waals surface area contributed by atoms with Gasteiger partial charge in [0, 0.05) is 25.0 Å². The number of hydrogen-bond acceptors (Lipinski definition) is 3. The molecule has 2 aliphatic heterocycles. The van der Waals surface area contributed by atoms with Gasteiger partial charge in [-0.2, -0.15) is 0 Å². The van der Waals surface area contributed by atoms with E-state index in [0.717, 1.165) is 26.3 Å². The molecule has 4 heteroatoms. The van der Waals surface area contributed by atoms with E-state index < -0.39 is 12.8 Å². The van der Waals surface area contributed by atoms with E-state index in [-0.39, 0.29) is 0 Å². The number of halogens is 1. The zero-order valence-corrected chi connectivity index (χ0v) is 7.00. The minimum atomic E-state index is -0.802. The number of likely N-dealkylation sites (tertiary alicyclic amines) is 1. The van der Waals surface area contributed by atoms with Crippen molar-refractivity contribution in [1.82, 2.24) is 4.90 Å². The molecule has 3 nitrogen and oxygen atoms in total. The fraction of sp³-hybridized carbons (Fsp3) is 1.00. The molecule has 70 valence electrons. The Bertz CT molecular complexity index is 162. The van der Waals surface area contributed by atoms with Crippen LogP contribution in [0.4, 0.5) is 4.39 Å². The lowest BCUT2D eigenvalue weighted by Gasteiger charge is -2.55. The van der Waals surface area contributed by atoms with E-state index in [1.165, 1.54) is 0 Å². The molecule has 0 saturated carbocycles. The highest BCUT2D eigenvalue weighted by Crippen LogP contribution is 2.37. The Labute approximate surface area is 71.1 Å². The fourth-order valence-electron chi connectivity index (χ4n) is 1.95. The zero-order valence-electron chi connectivity index (χ0n) is 7.00. The molecule has 0 amide bonds. The summed E-state index contributed by atoms with van der Waals surface area (Å²) in [6.45, 7) is 3.44. The maximum atomic E-state index is 11.9. The largest absolute Gasteiger partial charge is 0.389 e. The first-order valence-electron chi connectivity index (χ1n) is 4.28. The van der Waals surface area contributed by atoms with Crippen LogP contribution in [0.1, 0.15) is 0 Å². The van der Waals surface area contributed by atoms with E-state index >= 15 is 0 Å². The molecule has 0 aromatic carbocycles. The van der Waals surface area contributed by atoms with E-state index in [1.807, 2.05) is 0 Å². The van der Waals surface area contributed by atoms with Crippen molar-refractivity contribution in [2.75, 3.05) is 39.5 Å². The number of alkyl halides is 1. The quantitative estimate of drug-likeness (QED) is 0.636. The van der Waals surface area contributed by atoms with Gasteiger partial charge in [-0.25, -0.2) is 4.39 Å². The van der Waals surface area contributed by atoms with Crippen molar-refractivity contribution in [2.24, 2.45) is 5.41 Å². The summed E-state index contributed by atoms with van der Waals surface area (Å²) in [5, 5.41) is 9.01. The Balaban J connectivity index is 1.67. The lowest BCUT2D eigenvalue weighted by Crippen LogP contribution is -2.66. The van der Waals surface area contributed by atoms with Gasteiger partial charge in [-0.05, 0) is 0 Å². The van der Waals surface area contributed by atoms with Crippen LogP contribution >= 0.6 is 0 Å². The van der Waals surface area contributed by atoms with Gasteiger partial charge in [0.2, 0.25) is 0 Å². The third kappa shape index (κ3) is 1.34. The SMILES string of the molecule is OC(CF)CN1CC2(COC2)C1. The molecule has 0 aliphatic carbocycles. The van der Waals surface area contributed by atoms with Crippen LogP contribution < -0.4 is 0 Å². The Morgan fingerprint density at radius 2 is 2.17 bits per heavy atom. The molecule has 1 atom stereocenters. The average Bonchev–Trinajstić information content (AvgIpc) is 1.91. The van der Waals surface area contributed by atoms with Gasteiger partial charge < -0.3 is 9.84 Å². The van der Waals surface area contributed by atoms with Crippen molar-refractivity contribution < 1.29 is 14.2 Å². The van der Waals surface area contributed by atoms with Gasteiger partial charge in [0.05, 0.1) is 19.3 Å². The number of rotatable bonds is 3. The molecule has 0 aromatic heterocycles. The summed E-state index contributed by atoms with van der Waals surface area (Å²) < 4.78 is 17.0. The van der Waals surface area contributed by atoms with Crippen molar-refractivity contribution in [3.05, 3.63) is 0 Å². The highest BCUT2D eigenvalue weighted by Gasteiger charge is 2.48. The van der Waals surface area contributed by atoms with Gasteiger partial charge in [0.15, 0.2) is 0 Å². The Hall–Kier alpha value is -0.190. The van der Waals surface area contributed by atoms with Crippen molar-refractivity contribution >= 4 is 0 Å². The van der Waals surface area contributed by atoms with Crippen LogP contribution in [0.2, 0.25) is 0 Å². The topological polar surface area (TPSA) is 32.7 Å². The molecule has 2 saturated heterocycles. The first kappa shape index (κ1) is 8.41. The smallest absolute Gasteiger partial charge is 0.117 e. The summed E-state index contributed by atoms with van der Waals surface area (Å²) in [5.41, 5.74) is 0.371. The first-order chi connectivity index (χ1) is 5.74. The Morgan fingerprint density at radius 1 is 1.50 bits per heavy atom. The minimum Gasteiger partial charge on any atom is -0.389 e. The highest BCUT2D eigenvalue weighted by atomic mass is 19.1. The van der Waals surface area contributed by atoms with E-state index in [4.69, 9.17) is 9.84 Å². The Kier molecular flexibility index (Phi) is 2.06. The highest BCUT2D eigenvalue weighted by molar-refractivity contribution is 4.99. The van der Waals surface area contributed by atoms with Crippen molar-refractivity contribution in [1.29, 1.82) is 0 Å². The van der Waals surface area contributed by atoms with Crippen LogP contribution in [-0.2, 0) is 4.74 Å². The molecule has 1 unspecified atom stereocenters. The first-order valence-corrected chi connectivity index (χ1v) is 4.28. The number of ether oxygens (including phenoxy) is 1. The second kappa shape index (κ2) is 2.94. The predicted molar refractivity (Wildman–Crippen MR) is 41.7 cm³/mol. The third-order valence-electron chi connectivity index (χ3n) is 2.58. The van der Waals surface area contributed by atoms with E-state index in [2.05, 4.69) is 4.90 Å². The lowest BCUT2D eigenvalue weighted by atomic mass is 9.78. The number of aliphatic hydroxyl groups is 1. The summed E-state index contributed by atoms with van der Waals surface area (Å²) in [4.78, 5) is 2.08. The molecule has 0 radical (unpaired) electrons. The molecular formula is C8H14FNO2. The van der Waals surface area contributed by atoms with Crippen LogP contribution in [0.25, 0.3) is 0 Å². The third-order valence-corrected chi connectivity index (χ3v) is 2.58. The second-order valence-corrected chi connectivity index (χ2v) is 3.97. The standard InChI is InChI=1S/C8H14FNO2/c9-1-7(11)2-10-3-8(4-10)5-12-6-8/h7,11H,1-6H2. The van der Waals surface area contributed by atoms with Crippen LogP contribution in [-0.4, -0.2) is 55.6 Å². The van der Waals surface area contributed by atoms with Crippen molar-refractivity contribution in [2.45, 2.75) is 6.10 Å². The molecule has 2 aliphatic rings. The normalized spacial score (nSPS) is 29.5. The summed E-state index contributed by atoms with van der Waals surface area (Å²) in [6.07, 6.45) is -0.802. The van der Waals surface area contributed by atoms with E-state index in [1.54, 1.807) is 0 Å². The van der Waals surface area contributed by atoms with Crippen molar-refractivity contribution in [3.63, 3.8) is 0 Å². The summed E-state index contributed by atoms with van der Waals surface area (Å²) in [6, 6.07) is 0.